The summed E-state index contributed by atoms with van der Waals surface area (Å²) in [6, 6.07) is 3.96. The van der Waals surface area contributed by atoms with E-state index in [9.17, 15) is 54.0 Å². The quantitative estimate of drug-likeness (QED) is 0.0506. The molecule has 49 heavy (non-hydrogen) atoms. The second-order valence-corrected chi connectivity index (χ2v) is 11.5. The molecule has 270 valence electrons. The summed E-state index contributed by atoms with van der Waals surface area (Å²) in [6.07, 6.45) is -10.9. The number of benzene rings is 1. The third kappa shape index (κ3) is 10.5. The lowest BCUT2D eigenvalue weighted by Gasteiger charge is -2.38. The maximum absolute atomic E-state index is 12.9. The number of rotatable bonds is 16. The van der Waals surface area contributed by atoms with Gasteiger partial charge in [0.05, 0.1) is 17.5 Å². The van der Waals surface area contributed by atoms with E-state index in [2.05, 4.69) is 16.0 Å². The van der Waals surface area contributed by atoms with Gasteiger partial charge in [0.15, 0.2) is 11.9 Å². The number of carboxylic acid groups (broad SMARTS) is 1. The molecule has 2 fully saturated rings. The first kappa shape index (κ1) is 38.9. The van der Waals surface area contributed by atoms with E-state index in [1.807, 2.05) is 0 Å². The Kier molecular flexibility index (Phi) is 14.1. The number of Topliss-reactive ketones (excluding diaryl/α,β-unsaturated/α-hetero) is 3. The molecule has 0 aromatic heterocycles. The minimum absolute atomic E-state index is 0.0177. The molecule has 2 aliphatic rings. The monoisotopic (exact) mass is 696 g/mol. The van der Waals surface area contributed by atoms with Crippen LogP contribution in [0.1, 0.15) is 32.3 Å². The molecular weight excluding hydrogens is 656 g/mol. The highest BCUT2D eigenvalue weighted by Gasteiger charge is 2.48. The van der Waals surface area contributed by atoms with Gasteiger partial charge in [-0.2, -0.15) is 0 Å². The molecule has 2 unspecified atom stereocenters. The predicted octanol–water partition coefficient (Wildman–Crippen LogP) is -2.44. The second kappa shape index (κ2) is 17.7. The molecule has 1 heterocycles. The number of nitrogens with two attached hydrogens (primary N) is 1. The molecule has 8 atom stereocenters. The van der Waals surface area contributed by atoms with Crippen molar-refractivity contribution >= 4 is 46.9 Å². The Bertz CT molecular complexity index is 1420. The van der Waals surface area contributed by atoms with Crippen molar-refractivity contribution in [1.82, 2.24) is 10.6 Å². The lowest BCUT2D eigenvalue weighted by molar-refractivity contribution is -0.271. The molecule has 1 aromatic rings. The third-order valence-corrected chi connectivity index (χ3v) is 7.66. The van der Waals surface area contributed by atoms with Crippen LogP contribution in [0.2, 0.25) is 0 Å². The number of ketones is 3. The summed E-state index contributed by atoms with van der Waals surface area (Å²) in [5.74, 6) is -7.00. The topological polar surface area (TPSA) is 299 Å². The van der Waals surface area contributed by atoms with Crippen LogP contribution in [0.3, 0.4) is 0 Å². The Morgan fingerprint density at radius 3 is 2.39 bits per heavy atom. The van der Waals surface area contributed by atoms with Gasteiger partial charge < -0.3 is 55.7 Å². The molecule has 9 N–H and O–H groups in total. The molecule has 0 spiro atoms. The number of carboxylic acids is 1. The Morgan fingerprint density at radius 1 is 1.06 bits per heavy atom. The first-order valence-electron chi connectivity index (χ1n) is 15.2. The molecule has 19 heteroatoms. The summed E-state index contributed by atoms with van der Waals surface area (Å²) in [6.45, 7) is 1.53. The summed E-state index contributed by atoms with van der Waals surface area (Å²) < 4.78 is 20.8. The lowest BCUT2D eigenvalue weighted by atomic mass is 9.87. The molecule has 3 amide bonds. The van der Waals surface area contributed by atoms with Crippen LogP contribution in [0.15, 0.2) is 18.2 Å². The zero-order valence-corrected chi connectivity index (χ0v) is 26.7. The van der Waals surface area contributed by atoms with Gasteiger partial charge in [0.25, 0.3) is 0 Å². The third-order valence-electron chi connectivity index (χ3n) is 7.66. The van der Waals surface area contributed by atoms with Gasteiger partial charge in [-0.1, -0.05) is 13.0 Å². The summed E-state index contributed by atoms with van der Waals surface area (Å²) >= 11 is 0. The van der Waals surface area contributed by atoms with Gasteiger partial charge in [-0.15, -0.1) is 0 Å². The molecule has 1 aromatic carbocycles. The molecule has 1 aliphatic heterocycles. The molecule has 0 bridgehead atoms. The van der Waals surface area contributed by atoms with Crippen LogP contribution >= 0.6 is 0 Å². The highest BCUT2D eigenvalue weighted by Crippen LogP contribution is 2.32. The molecule has 1 saturated heterocycles. The summed E-state index contributed by atoms with van der Waals surface area (Å²) in [4.78, 5) is 84.9. The molecule has 19 nitrogen and oxygen atoms in total. The number of carbonyl (C=O) groups is 7. The standard InChI is InChI=1S/C30H40N4O15/c1-13-7-18(36)21(22(13)38)16(9-31)27(42)32-6-5-20(37)34-17-8-15(11-47-30(45)33-12-46-10-14(2)35)3-4-19(17)48-29-25(41)23(39)24(40)26(49-29)28(43)44/h3-4,8,13,16,21,23-26,29,39-41H,5-7,9-12,31H2,1-2H3,(H,32,42)(H,33,45)(H,34,37)(H,43,44)/t13?,16-,21?,23+,24+,25-,26+,29-/m1/s1. The van der Waals surface area contributed by atoms with Crippen molar-refractivity contribution in [3.8, 4) is 5.75 Å². The van der Waals surface area contributed by atoms with Gasteiger partial charge in [0.1, 0.15) is 55.6 Å². The number of amides is 3. The minimum atomic E-state index is -1.98. The van der Waals surface area contributed by atoms with E-state index in [1.165, 1.54) is 25.1 Å². The maximum atomic E-state index is 12.9. The predicted molar refractivity (Wildman–Crippen MR) is 162 cm³/mol. The molecular formula is C30H40N4O15. The number of carbonyl (C=O) groups excluding carboxylic acids is 6. The van der Waals surface area contributed by atoms with E-state index >= 15 is 0 Å². The van der Waals surface area contributed by atoms with Crippen LogP contribution in [-0.2, 0) is 49.6 Å². The van der Waals surface area contributed by atoms with Crippen LogP contribution in [0.25, 0.3) is 0 Å². The van der Waals surface area contributed by atoms with Crippen molar-refractivity contribution in [2.75, 3.05) is 31.7 Å². The first-order valence-corrected chi connectivity index (χ1v) is 15.2. The number of hydrogen-bond donors (Lipinski definition) is 8. The Balaban J connectivity index is 1.70. The average molecular weight is 697 g/mol. The van der Waals surface area contributed by atoms with Gasteiger partial charge in [0, 0.05) is 31.8 Å². The first-order chi connectivity index (χ1) is 23.1. The van der Waals surface area contributed by atoms with Gasteiger partial charge >= 0.3 is 12.1 Å². The number of alkyl carbamates (subject to hydrolysis) is 1. The Morgan fingerprint density at radius 2 is 1.78 bits per heavy atom. The van der Waals surface area contributed by atoms with Crippen LogP contribution in [0.4, 0.5) is 10.5 Å². The van der Waals surface area contributed by atoms with E-state index in [1.54, 1.807) is 6.92 Å². The van der Waals surface area contributed by atoms with Crippen molar-refractivity contribution in [2.24, 2.45) is 23.5 Å². The van der Waals surface area contributed by atoms with Crippen LogP contribution in [-0.4, -0.2) is 119 Å². The summed E-state index contributed by atoms with van der Waals surface area (Å²) in [5.41, 5.74) is 5.90. The van der Waals surface area contributed by atoms with E-state index in [-0.39, 0.29) is 74.7 Å². The SMILES string of the molecule is CC(=O)COCNC(=O)OCc1ccc(O[C@@H]2O[C@H](C(=O)O)[C@@H](O)[C@H](O)[C@H]2O)c(NC(=O)CCNC(=O)[C@H](CN)C2C(=O)CC(C)C2=O)c1. The number of aliphatic hydroxyl groups excluding tert-OH is 3. The Labute approximate surface area is 279 Å². The van der Waals surface area contributed by atoms with Gasteiger partial charge in [-0.05, 0) is 24.6 Å². The van der Waals surface area contributed by atoms with Crippen molar-refractivity contribution in [1.29, 1.82) is 0 Å². The van der Waals surface area contributed by atoms with Gasteiger partial charge in [0.2, 0.25) is 18.1 Å². The Hall–Kier alpha value is -4.53. The van der Waals surface area contributed by atoms with E-state index < -0.39 is 72.3 Å². The number of anilines is 1. The van der Waals surface area contributed by atoms with Gasteiger partial charge in [-0.3, -0.25) is 29.3 Å². The number of hydrogen-bond acceptors (Lipinski definition) is 15. The van der Waals surface area contributed by atoms with Crippen LogP contribution in [0, 0.1) is 17.8 Å². The van der Waals surface area contributed by atoms with E-state index in [0.717, 1.165) is 0 Å². The van der Waals surface area contributed by atoms with Crippen molar-refractivity contribution < 1.29 is 72.9 Å². The molecule has 0 radical (unpaired) electrons. The van der Waals surface area contributed by atoms with Crippen LogP contribution in [0.5, 0.6) is 5.75 Å². The largest absolute Gasteiger partial charge is 0.479 e. The minimum Gasteiger partial charge on any atom is -0.479 e. The number of aliphatic hydroxyl groups is 3. The van der Waals surface area contributed by atoms with Gasteiger partial charge in [-0.25, -0.2) is 9.59 Å². The fourth-order valence-corrected chi connectivity index (χ4v) is 5.10. The second-order valence-electron chi connectivity index (χ2n) is 11.5. The summed E-state index contributed by atoms with van der Waals surface area (Å²) in [7, 11) is 0. The van der Waals surface area contributed by atoms with Crippen LogP contribution < -0.4 is 26.4 Å². The normalized spacial score (nSPS) is 25.6. The molecule has 1 saturated carbocycles. The van der Waals surface area contributed by atoms with Crippen molar-refractivity contribution in [2.45, 2.75) is 64.0 Å². The number of aliphatic carboxylic acids is 1. The van der Waals surface area contributed by atoms with E-state index in [4.69, 9.17) is 24.7 Å². The number of nitrogens with one attached hydrogen (secondary N) is 3. The average Bonchev–Trinajstić information content (AvgIpc) is 3.29. The highest BCUT2D eigenvalue weighted by molar-refractivity contribution is 6.12. The fraction of sp³-hybridized carbons (Fsp3) is 0.567. The van der Waals surface area contributed by atoms with Crippen molar-refractivity contribution in [3.63, 3.8) is 0 Å². The molecule has 3 rings (SSSR count). The van der Waals surface area contributed by atoms with E-state index in [0.29, 0.717) is 5.56 Å². The summed E-state index contributed by atoms with van der Waals surface area (Å²) in [5, 5.41) is 47.2. The fourth-order valence-electron chi connectivity index (χ4n) is 5.10. The molecule has 1 aliphatic carbocycles. The maximum Gasteiger partial charge on any atom is 0.409 e. The number of ether oxygens (including phenoxy) is 4. The highest BCUT2D eigenvalue weighted by atomic mass is 16.7. The van der Waals surface area contributed by atoms with Crippen molar-refractivity contribution in [3.05, 3.63) is 23.8 Å². The zero-order chi connectivity index (χ0) is 36.4. The lowest BCUT2D eigenvalue weighted by Crippen LogP contribution is -2.61. The smallest absolute Gasteiger partial charge is 0.409 e. The zero-order valence-electron chi connectivity index (χ0n) is 26.7.